The Bertz CT molecular complexity index is 549. The lowest BCUT2D eigenvalue weighted by atomic mass is 10.1. The van der Waals surface area contributed by atoms with Crippen LogP contribution in [0.2, 0.25) is 0 Å². The van der Waals surface area contributed by atoms with Crippen LogP contribution in [0.25, 0.3) is 11.1 Å². The van der Waals surface area contributed by atoms with E-state index in [-0.39, 0.29) is 0 Å². The molecule has 5 heteroatoms. The summed E-state index contributed by atoms with van der Waals surface area (Å²) in [7, 11) is 1.86. The lowest BCUT2D eigenvalue weighted by Crippen LogP contribution is -2.15. The largest absolute Gasteiger partial charge is 0.318 e. The standard InChI is InChI=1S/C13H15F2N3/c1-9-12(8-18(17-9)6-5-16-2)11-4-3-10(14)7-13(11)15/h3-4,7-8,16H,5-6H2,1-2H3. The fraction of sp³-hybridized carbons (Fsp3) is 0.308. The molecule has 0 saturated carbocycles. The highest BCUT2D eigenvalue weighted by atomic mass is 19.1. The lowest BCUT2D eigenvalue weighted by Gasteiger charge is -2.01. The number of hydrogen-bond donors (Lipinski definition) is 1. The van der Waals surface area contributed by atoms with Crippen molar-refractivity contribution in [2.75, 3.05) is 13.6 Å². The van der Waals surface area contributed by atoms with Crippen LogP contribution in [-0.2, 0) is 6.54 Å². The Balaban J connectivity index is 2.35. The van der Waals surface area contributed by atoms with E-state index >= 15 is 0 Å². The molecule has 0 aliphatic heterocycles. The number of halogens is 2. The maximum atomic E-state index is 13.7. The molecule has 0 spiro atoms. The van der Waals surface area contributed by atoms with Crippen molar-refractivity contribution < 1.29 is 8.78 Å². The molecule has 0 unspecified atom stereocenters. The third-order valence-corrected chi connectivity index (χ3v) is 2.76. The summed E-state index contributed by atoms with van der Waals surface area (Å²) < 4.78 is 28.3. The number of aromatic nitrogens is 2. The number of aryl methyl sites for hydroxylation is 1. The maximum absolute atomic E-state index is 13.7. The molecule has 0 radical (unpaired) electrons. The zero-order valence-corrected chi connectivity index (χ0v) is 10.4. The molecular weight excluding hydrogens is 236 g/mol. The molecule has 1 heterocycles. The van der Waals surface area contributed by atoms with Crippen LogP contribution >= 0.6 is 0 Å². The quantitative estimate of drug-likeness (QED) is 0.904. The number of nitrogens with zero attached hydrogens (tertiary/aromatic N) is 2. The van der Waals surface area contributed by atoms with Gasteiger partial charge in [-0.05, 0) is 26.1 Å². The molecule has 0 aliphatic rings. The van der Waals surface area contributed by atoms with E-state index < -0.39 is 11.6 Å². The Labute approximate surface area is 104 Å². The molecule has 3 nitrogen and oxygen atoms in total. The molecule has 2 aromatic rings. The van der Waals surface area contributed by atoms with E-state index in [0.29, 0.717) is 17.7 Å². The monoisotopic (exact) mass is 251 g/mol. The van der Waals surface area contributed by atoms with Crippen molar-refractivity contribution in [3.8, 4) is 11.1 Å². The zero-order chi connectivity index (χ0) is 13.1. The fourth-order valence-corrected chi connectivity index (χ4v) is 1.83. The van der Waals surface area contributed by atoms with Gasteiger partial charge in [-0.25, -0.2) is 8.78 Å². The predicted octanol–water partition coefficient (Wildman–Crippen LogP) is 2.36. The molecule has 0 amide bonds. The Morgan fingerprint density at radius 1 is 1.28 bits per heavy atom. The van der Waals surface area contributed by atoms with Gasteiger partial charge in [0.25, 0.3) is 0 Å². The molecule has 1 N–H and O–H groups in total. The molecule has 1 aromatic heterocycles. The van der Waals surface area contributed by atoms with Crippen molar-refractivity contribution in [2.24, 2.45) is 0 Å². The molecule has 0 bridgehead atoms. The number of rotatable bonds is 4. The second-order valence-electron chi connectivity index (χ2n) is 4.12. The first-order chi connectivity index (χ1) is 8.61. The van der Waals surface area contributed by atoms with Gasteiger partial charge in [-0.2, -0.15) is 5.10 Å². The molecule has 0 aliphatic carbocycles. The van der Waals surface area contributed by atoms with Crippen LogP contribution in [0.15, 0.2) is 24.4 Å². The van der Waals surface area contributed by atoms with Gasteiger partial charge in [-0.15, -0.1) is 0 Å². The summed E-state index contributed by atoms with van der Waals surface area (Å²) in [5.74, 6) is -1.14. The van der Waals surface area contributed by atoms with Crippen LogP contribution in [0.3, 0.4) is 0 Å². The van der Waals surface area contributed by atoms with Crippen molar-refractivity contribution >= 4 is 0 Å². The van der Waals surface area contributed by atoms with Gasteiger partial charge in [0, 0.05) is 29.9 Å². The van der Waals surface area contributed by atoms with Gasteiger partial charge in [-0.3, -0.25) is 4.68 Å². The van der Waals surface area contributed by atoms with E-state index in [1.165, 1.54) is 12.1 Å². The van der Waals surface area contributed by atoms with Gasteiger partial charge in [-0.1, -0.05) is 0 Å². The number of nitrogens with one attached hydrogen (secondary N) is 1. The summed E-state index contributed by atoms with van der Waals surface area (Å²) >= 11 is 0. The highest BCUT2D eigenvalue weighted by molar-refractivity contribution is 5.65. The highest BCUT2D eigenvalue weighted by Gasteiger charge is 2.12. The first kappa shape index (κ1) is 12.7. The third-order valence-electron chi connectivity index (χ3n) is 2.76. The summed E-state index contributed by atoms with van der Waals surface area (Å²) in [5, 5.41) is 7.32. The number of benzene rings is 1. The maximum Gasteiger partial charge on any atom is 0.134 e. The zero-order valence-electron chi connectivity index (χ0n) is 10.4. The topological polar surface area (TPSA) is 29.9 Å². The van der Waals surface area contributed by atoms with Gasteiger partial charge in [0.15, 0.2) is 0 Å². The van der Waals surface area contributed by atoms with E-state index in [9.17, 15) is 8.78 Å². The van der Waals surface area contributed by atoms with E-state index in [1.54, 1.807) is 10.9 Å². The van der Waals surface area contributed by atoms with Crippen molar-refractivity contribution in [3.63, 3.8) is 0 Å². The number of hydrogen-bond acceptors (Lipinski definition) is 2. The molecule has 1 aromatic carbocycles. The predicted molar refractivity (Wildman–Crippen MR) is 66.2 cm³/mol. The van der Waals surface area contributed by atoms with Crippen molar-refractivity contribution in [1.29, 1.82) is 0 Å². The Kier molecular flexibility index (Phi) is 3.72. The van der Waals surface area contributed by atoms with Crippen molar-refractivity contribution in [1.82, 2.24) is 15.1 Å². The second kappa shape index (κ2) is 5.27. The van der Waals surface area contributed by atoms with Crippen LogP contribution in [0.5, 0.6) is 0 Å². The van der Waals surface area contributed by atoms with Gasteiger partial charge in [0.1, 0.15) is 11.6 Å². The van der Waals surface area contributed by atoms with Gasteiger partial charge < -0.3 is 5.32 Å². The second-order valence-corrected chi connectivity index (χ2v) is 4.12. The van der Waals surface area contributed by atoms with Crippen LogP contribution in [0.1, 0.15) is 5.69 Å². The van der Waals surface area contributed by atoms with E-state index in [2.05, 4.69) is 10.4 Å². The molecule has 0 saturated heterocycles. The molecule has 96 valence electrons. The van der Waals surface area contributed by atoms with Gasteiger partial charge in [0.2, 0.25) is 0 Å². The molecular formula is C13H15F2N3. The third kappa shape index (κ3) is 2.56. The molecule has 0 atom stereocenters. The summed E-state index contributed by atoms with van der Waals surface area (Å²) in [4.78, 5) is 0. The molecule has 18 heavy (non-hydrogen) atoms. The first-order valence-electron chi connectivity index (χ1n) is 5.76. The van der Waals surface area contributed by atoms with Crippen LogP contribution in [0, 0.1) is 18.6 Å². The van der Waals surface area contributed by atoms with E-state index in [4.69, 9.17) is 0 Å². The smallest absolute Gasteiger partial charge is 0.134 e. The summed E-state index contributed by atoms with van der Waals surface area (Å²) in [6, 6.07) is 3.58. The summed E-state index contributed by atoms with van der Waals surface area (Å²) in [6.45, 7) is 3.31. The number of likely N-dealkylation sites (N-methyl/N-ethyl adjacent to an activating group) is 1. The van der Waals surface area contributed by atoms with Crippen molar-refractivity contribution in [2.45, 2.75) is 13.5 Å². The van der Waals surface area contributed by atoms with Crippen LogP contribution in [0.4, 0.5) is 8.78 Å². The SMILES string of the molecule is CNCCn1cc(-c2ccc(F)cc2F)c(C)n1. The minimum atomic E-state index is -0.573. The Morgan fingerprint density at radius 2 is 2.06 bits per heavy atom. The minimum absolute atomic E-state index is 0.379. The van der Waals surface area contributed by atoms with Crippen molar-refractivity contribution in [3.05, 3.63) is 41.7 Å². The normalized spacial score (nSPS) is 10.9. The van der Waals surface area contributed by atoms with E-state index in [0.717, 1.165) is 18.3 Å². The van der Waals surface area contributed by atoms with Gasteiger partial charge >= 0.3 is 0 Å². The van der Waals surface area contributed by atoms with E-state index in [1.807, 2.05) is 14.0 Å². The Hall–Kier alpha value is -1.75. The first-order valence-corrected chi connectivity index (χ1v) is 5.76. The molecule has 2 rings (SSSR count). The summed E-state index contributed by atoms with van der Waals surface area (Å²) in [6.07, 6.45) is 1.78. The minimum Gasteiger partial charge on any atom is -0.318 e. The fourth-order valence-electron chi connectivity index (χ4n) is 1.83. The average molecular weight is 251 g/mol. The Morgan fingerprint density at radius 3 is 2.72 bits per heavy atom. The highest BCUT2D eigenvalue weighted by Crippen LogP contribution is 2.25. The molecule has 0 fully saturated rings. The average Bonchev–Trinajstić information content (AvgIpc) is 2.68. The van der Waals surface area contributed by atoms with Crippen LogP contribution < -0.4 is 5.32 Å². The summed E-state index contributed by atoms with van der Waals surface area (Å²) in [5.41, 5.74) is 1.81. The lowest BCUT2D eigenvalue weighted by molar-refractivity contribution is 0.581. The van der Waals surface area contributed by atoms with Gasteiger partial charge in [0.05, 0.1) is 12.2 Å². The van der Waals surface area contributed by atoms with Crippen LogP contribution in [-0.4, -0.2) is 23.4 Å².